The van der Waals surface area contributed by atoms with Gasteiger partial charge < -0.3 is 9.47 Å². The number of carbonyl (C=O) groups excluding carboxylic acids is 1. The van der Waals surface area contributed by atoms with E-state index >= 15 is 0 Å². The van der Waals surface area contributed by atoms with Gasteiger partial charge in [0.25, 0.3) is 0 Å². The van der Waals surface area contributed by atoms with E-state index in [9.17, 15) is 4.79 Å². The highest BCUT2D eigenvalue weighted by Crippen LogP contribution is 2.60. The standard InChI is InChI=1S/C19H27N3OS/c23-18(21-2-1-3-22-13-20-10-17(22)11-21)12-24-19-7-14-4-15(8-19)6-16(5-14)9-19/h10,13-16H,1-9,11-12H2. The second-order valence-corrected chi connectivity index (χ2v) is 10.1. The second-order valence-electron chi connectivity index (χ2n) is 8.64. The molecule has 24 heavy (non-hydrogen) atoms. The van der Waals surface area contributed by atoms with Gasteiger partial charge in [0.15, 0.2) is 0 Å². The van der Waals surface area contributed by atoms with Crippen molar-refractivity contribution in [2.24, 2.45) is 17.8 Å². The Morgan fingerprint density at radius 3 is 2.58 bits per heavy atom. The van der Waals surface area contributed by atoms with Gasteiger partial charge in [-0.1, -0.05) is 0 Å². The maximum Gasteiger partial charge on any atom is 0.232 e. The van der Waals surface area contributed by atoms with Gasteiger partial charge in [-0.2, -0.15) is 0 Å². The van der Waals surface area contributed by atoms with Gasteiger partial charge in [0, 0.05) is 24.0 Å². The summed E-state index contributed by atoms with van der Waals surface area (Å²) in [5.41, 5.74) is 1.18. The van der Waals surface area contributed by atoms with Crippen LogP contribution in [0.2, 0.25) is 0 Å². The summed E-state index contributed by atoms with van der Waals surface area (Å²) in [4.78, 5) is 19.1. The second kappa shape index (κ2) is 5.79. The number of hydrogen-bond donors (Lipinski definition) is 0. The van der Waals surface area contributed by atoms with Gasteiger partial charge in [-0.25, -0.2) is 4.98 Å². The van der Waals surface area contributed by atoms with Crippen molar-refractivity contribution < 1.29 is 4.79 Å². The Morgan fingerprint density at radius 1 is 1.17 bits per heavy atom. The first-order chi connectivity index (χ1) is 11.7. The number of hydrogen-bond acceptors (Lipinski definition) is 3. The average Bonchev–Trinajstić information content (AvgIpc) is 2.88. The van der Waals surface area contributed by atoms with Gasteiger partial charge in [-0.15, -0.1) is 11.8 Å². The molecule has 1 aromatic heterocycles. The van der Waals surface area contributed by atoms with Crippen LogP contribution >= 0.6 is 11.8 Å². The molecule has 0 saturated heterocycles. The summed E-state index contributed by atoms with van der Waals surface area (Å²) in [5.74, 6) is 3.91. The number of thioether (sulfide) groups is 1. The molecule has 4 saturated carbocycles. The average molecular weight is 346 g/mol. The molecule has 5 aliphatic rings. The predicted molar refractivity (Wildman–Crippen MR) is 95.6 cm³/mol. The fourth-order valence-corrected chi connectivity index (χ4v) is 7.79. The van der Waals surface area contributed by atoms with E-state index in [0.29, 0.717) is 16.4 Å². The van der Waals surface area contributed by atoms with Gasteiger partial charge in [-0.05, 0) is 62.7 Å². The minimum absolute atomic E-state index is 0.338. The number of aryl methyl sites for hydroxylation is 1. The summed E-state index contributed by atoms with van der Waals surface area (Å²) in [6.07, 6.45) is 13.4. The smallest absolute Gasteiger partial charge is 0.232 e. The molecule has 1 amide bonds. The Labute approximate surface area is 148 Å². The first-order valence-electron chi connectivity index (χ1n) is 9.60. The van der Waals surface area contributed by atoms with E-state index in [2.05, 4.69) is 14.5 Å². The topological polar surface area (TPSA) is 38.1 Å². The molecule has 1 aromatic rings. The lowest BCUT2D eigenvalue weighted by Gasteiger charge is -2.56. The van der Waals surface area contributed by atoms with E-state index in [-0.39, 0.29) is 0 Å². The molecule has 4 nitrogen and oxygen atoms in total. The summed E-state index contributed by atoms with van der Waals surface area (Å²) >= 11 is 2.01. The molecular formula is C19H27N3OS. The lowest BCUT2D eigenvalue weighted by molar-refractivity contribution is -0.129. The third-order valence-electron chi connectivity index (χ3n) is 6.82. The van der Waals surface area contributed by atoms with Gasteiger partial charge in [-0.3, -0.25) is 4.79 Å². The number of fused-ring (bicyclic) bond motifs is 1. The number of imidazole rings is 1. The van der Waals surface area contributed by atoms with Crippen LogP contribution in [-0.4, -0.2) is 37.4 Å². The van der Waals surface area contributed by atoms with E-state index < -0.39 is 0 Å². The van der Waals surface area contributed by atoms with Crippen LogP contribution in [0.25, 0.3) is 0 Å². The monoisotopic (exact) mass is 345 g/mol. The Kier molecular flexibility index (Phi) is 3.69. The predicted octanol–water partition coefficient (Wildman–Crippen LogP) is 3.32. The van der Waals surface area contributed by atoms with Crippen molar-refractivity contribution >= 4 is 17.7 Å². The van der Waals surface area contributed by atoms with E-state index in [1.54, 1.807) is 0 Å². The molecule has 0 spiro atoms. The van der Waals surface area contributed by atoms with Crippen molar-refractivity contribution in [2.75, 3.05) is 12.3 Å². The summed E-state index contributed by atoms with van der Waals surface area (Å²) in [5, 5.41) is 0. The summed E-state index contributed by atoms with van der Waals surface area (Å²) in [6, 6.07) is 0. The summed E-state index contributed by atoms with van der Waals surface area (Å²) in [7, 11) is 0. The van der Waals surface area contributed by atoms with Gasteiger partial charge in [0.1, 0.15) is 0 Å². The maximum absolute atomic E-state index is 12.9. The van der Waals surface area contributed by atoms with Crippen LogP contribution in [0.1, 0.15) is 50.6 Å². The van der Waals surface area contributed by atoms with Gasteiger partial charge in [0.05, 0.1) is 24.3 Å². The molecule has 1 aliphatic heterocycles. The Bertz CT molecular complexity index is 605. The van der Waals surface area contributed by atoms with Crippen LogP contribution in [0.5, 0.6) is 0 Å². The first-order valence-corrected chi connectivity index (χ1v) is 10.6. The van der Waals surface area contributed by atoms with Crippen molar-refractivity contribution in [2.45, 2.75) is 62.8 Å². The molecule has 5 heteroatoms. The highest BCUT2D eigenvalue weighted by molar-refractivity contribution is 8.01. The number of rotatable bonds is 3. The zero-order valence-electron chi connectivity index (χ0n) is 14.3. The minimum atomic E-state index is 0.338. The number of aromatic nitrogens is 2. The molecule has 2 heterocycles. The van der Waals surface area contributed by atoms with Gasteiger partial charge >= 0.3 is 0 Å². The fourth-order valence-electron chi connectivity index (χ4n) is 6.11. The van der Waals surface area contributed by atoms with E-state index in [1.807, 2.05) is 24.3 Å². The minimum Gasteiger partial charge on any atom is -0.336 e. The highest BCUT2D eigenvalue weighted by Gasteiger charge is 2.51. The van der Waals surface area contributed by atoms with Crippen LogP contribution in [0.3, 0.4) is 0 Å². The summed E-state index contributed by atoms with van der Waals surface area (Å²) in [6.45, 7) is 2.61. The summed E-state index contributed by atoms with van der Waals surface area (Å²) < 4.78 is 2.64. The molecule has 0 atom stereocenters. The Balaban J connectivity index is 1.23. The number of carbonyl (C=O) groups is 1. The van der Waals surface area contributed by atoms with E-state index in [1.165, 1.54) is 44.2 Å². The third-order valence-corrected chi connectivity index (χ3v) is 8.32. The van der Waals surface area contributed by atoms with Crippen molar-refractivity contribution in [1.29, 1.82) is 0 Å². The number of nitrogens with zero attached hydrogens (tertiary/aromatic N) is 3. The molecule has 0 unspecified atom stereocenters. The molecule has 0 radical (unpaired) electrons. The van der Waals surface area contributed by atoms with Crippen LogP contribution in [0.4, 0.5) is 0 Å². The van der Waals surface area contributed by atoms with Crippen molar-refractivity contribution in [1.82, 2.24) is 14.5 Å². The van der Waals surface area contributed by atoms with Crippen LogP contribution in [0, 0.1) is 17.8 Å². The third kappa shape index (κ3) is 2.69. The van der Waals surface area contributed by atoms with Crippen LogP contribution in [0.15, 0.2) is 12.5 Å². The fraction of sp³-hybridized carbons (Fsp3) is 0.789. The normalized spacial score (nSPS) is 37.3. The van der Waals surface area contributed by atoms with Crippen LogP contribution < -0.4 is 0 Å². The van der Waals surface area contributed by atoms with Crippen LogP contribution in [-0.2, 0) is 17.9 Å². The van der Waals surface area contributed by atoms with Crippen molar-refractivity contribution in [3.8, 4) is 0 Å². The molecule has 4 bridgehead atoms. The highest BCUT2D eigenvalue weighted by atomic mass is 32.2. The first kappa shape index (κ1) is 15.3. The van der Waals surface area contributed by atoms with Gasteiger partial charge in [0.2, 0.25) is 5.91 Å². The van der Waals surface area contributed by atoms with E-state index in [4.69, 9.17) is 0 Å². The molecule has 4 fully saturated rings. The molecule has 0 aromatic carbocycles. The molecule has 130 valence electrons. The lowest BCUT2D eigenvalue weighted by Crippen LogP contribution is -2.49. The Morgan fingerprint density at radius 2 is 1.88 bits per heavy atom. The van der Waals surface area contributed by atoms with Crippen molar-refractivity contribution in [3.63, 3.8) is 0 Å². The molecule has 6 rings (SSSR count). The number of amides is 1. The van der Waals surface area contributed by atoms with Crippen molar-refractivity contribution in [3.05, 3.63) is 18.2 Å². The Hall–Kier alpha value is -0.970. The molecular weight excluding hydrogens is 318 g/mol. The zero-order chi connectivity index (χ0) is 16.1. The quantitative estimate of drug-likeness (QED) is 0.843. The molecule has 4 aliphatic carbocycles. The SMILES string of the molecule is O=C(CSC12CC3CC(CC(C3)C1)C2)N1CCCn2cncc2C1. The maximum atomic E-state index is 12.9. The zero-order valence-corrected chi connectivity index (χ0v) is 15.1. The lowest BCUT2D eigenvalue weighted by atomic mass is 9.56. The largest absolute Gasteiger partial charge is 0.336 e. The van der Waals surface area contributed by atoms with E-state index in [0.717, 1.165) is 43.8 Å². The molecule has 0 N–H and O–H groups in total.